The van der Waals surface area contributed by atoms with Gasteiger partial charge in [-0.15, -0.1) is 12.4 Å². The van der Waals surface area contributed by atoms with Crippen LogP contribution in [0.4, 0.5) is 5.69 Å². The zero-order chi connectivity index (χ0) is 15.2. The molecule has 0 saturated heterocycles. The van der Waals surface area contributed by atoms with Gasteiger partial charge in [-0.25, -0.2) is 0 Å². The number of nitrogens with zero attached hydrogens (tertiary/aromatic N) is 1. The molecule has 0 radical (unpaired) electrons. The van der Waals surface area contributed by atoms with E-state index < -0.39 is 0 Å². The Bertz CT molecular complexity index is 721. The largest absolute Gasteiger partial charge is 0.493 e. The van der Waals surface area contributed by atoms with E-state index in [9.17, 15) is 5.26 Å². The first-order valence-corrected chi connectivity index (χ1v) is 6.37. The Morgan fingerprint density at radius 1 is 1.09 bits per heavy atom. The van der Waals surface area contributed by atoms with E-state index in [0.717, 1.165) is 11.1 Å². The molecule has 0 atom stereocenters. The van der Waals surface area contributed by atoms with Crippen LogP contribution in [0.3, 0.4) is 0 Å². The first-order valence-electron chi connectivity index (χ1n) is 6.37. The van der Waals surface area contributed by atoms with Crippen molar-refractivity contribution in [2.45, 2.75) is 0 Å². The summed E-state index contributed by atoms with van der Waals surface area (Å²) in [6, 6.07) is 14.9. The van der Waals surface area contributed by atoms with Crippen LogP contribution in [0.25, 0.3) is 11.6 Å². The third-order valence-corrected chi connectivity index (χ3v) is 3.04. The number of ether oxygens (including phenoxy) is 2. The molecule has 0 fully saturated rings. The molecule has 0 aliphatic carbocycles. The van der Waals surface area contributed by atoms with Crippen molar-refractivity contribution in [2.75, 3.05) is 20.0 Å². The maximum absolute atomic E-state index is 9.38. The standard InChI is InChI=1S/C17H16N2O2.ClH/c1-20-16-7-6-13(10-17(16)21-2)14(11-18)8-12-4-3-5-15(19)9-12;/h3-10H,19H2,1-2H3;1H/b14-8+;. The predicted molar refractivity (Wildman–Crippen MR) is 91.1 cm³/mol. The van der Waals surface area contributed by atoms with Gasteiger partial charge in [-0.3, -0.25) is 0 Å². The highest BCUT2D eigenvalue weighted by molar-refractivity contribution is 5.90. The molecule has 2 N–H and O–H groups in total. The van der Waals surface area contributed by atoms with E-state index in [4.69, 9.17) is 15.2 Å². The first kappa shape index (κ1) is 17.4. The molecule has 114 valence electrons. The van der Waals surface area contributed by atoms with Crippen LogP contribution in [0.15, 0.2) is 42.5 Å². The fourth-order valence-electron chi connectivity index (χ4n) is 2.00. The van der Waals surface area contributed by atoms with Gasteiger partial charge in [0.15, 0.2) is 11.5 Å². The summed E-state index contributed by atoms with van der Waals surface area (Å²) in [5, 5.41) is 9.38. The average molecular weight is 317 g/mol. The van der Waals surface area contributed by atoms with Gasteiger partial charge in [-0.2, -0.15) is 5.26 Å². The fraction of sp³-hybridized carbons (Fsp3) is 0.118. The van der Waals surface area contributed by atoms with Crippen molar-refractivity contribution in [1.29, 1.82) is 5.26 Å². The molecule has 0 saturated carbocycles. The molecule has 0 aromatic heterocycles. The van der Waals surface area contributed by atoms with Gasteiger partial charge in [-0.1, -0.05) is 12.1 Å². The number of benzene rings is 2. The van der Waals surface area contributed by atoms with Crippen LogP contribution < -0.4 is 15.2 Å². The Morgan fingerprint density at radius 2 is 1.82 bits per heavy atom. The Labute approximate surface area is 136 Å². The van der Waals surface area contributed by atoms with E-state index in [-0.39, 0.29) is 12.4 Å². The van der Waals surface area contributed by atoms with Gasteiger partial charge < -0.3 is 15.2 Å². The SMILES string of the molecule is COc1ccc(/C(C#N)=C/c2cccc(N)c2)cc1OC.Cl. The van der Waals surface area contributed by atoms with E-state index in [0.29, 0.717) is 22.8 Å². The molecule has 0 aliphatic heterocycles. The van der Waals surface area contributed by atoms with Gasteiger partial charge in [0.1, 0.15) is 0 Å². The highest BCUT2D eigenvalue weighted by atomic mass is 35.5. The maximum atomic E-state index is 9.38. The Balaban J connectivity index is 0.00000242. The summed E-state index contributed by atoms with van der Waals surface area (Å²) in [6.07, 6.45) is 1.79. The third kappa shape index (κ3) is 3.94. The topological polar surface area (TPSA) is 68.3 Å². The van der Waals surface area contributed by atoms with Gasteiger partial charge in [0, 0.05) is 5.69 Å². The molecule has 0 aliphatic rings. The Morgan fingerprint density at radius 3 is 2.41 bits per heavy atom. The first-order chi connectivity index (χ1) is 10.2. The lowest BCUT2D eigenvalue weighted by atomic mass is 10.0. The number of allylic oxidation sites excluding steroid dienone is 1. The van der Waals surface area contributed by atoms with Crippen LogP contribution >= 0.6 is 12.4 Å². The highest BCUT2D eigenvalue weighted by Gasteiger charge is 2.08. The number of nitriles is 1. The van der Waals surface area contributed by atoms with Gasteiger partial charge in [-0.05, 0) is 47.5 Å². The van der Waals surface area contributed by atoms with Gasteiger partial charge in [0.2, 0.25) is 0 Å². The lowest BCUT2D eigenvalue weighted by Gasteiger charge is -2.09. The number of halogens is 1. The maximum Gasteiger partial charge on any atom is 0.161 e. The van der Waals surface area contributed by atoms with E-state index in [1.807, 2.05) is 24.3 Å². The summed E-state index contributed by atoms with van der Waals surface area (Å²) in [4.78, 5) is 0. The Kier molecular flexibility index (Phi) is 6.30. The minimum atomic E-state index is 0. The summed E-state index contributed by atoms with van der Waals surface area (Å²) in [7, 11) is 3.14. The number of rotatable bonds is 4. The molecular formula is C17H17ClN2O2. The second-order valence-electron chi connectivity index (χ2n) is 4.41. The van der Waals surface area contributed by atoms with E-state index in [1.54, 1.807) is 38.5 Å². The molecule has 0 heterocycles. The number of hydrogen-bond acceptors (Lipinski definition) is 4. The molecule has 2 rings (SSSR count). The van der Waals surface area contributed by atoms with Crippen molar-refractivity contribution in [3.05, 3.63) is 53.6 Å². The summed E-state index contributed by atoms with van der Waals surface area (Å²) < 4.78 is 10.5. The number of anilines is 1. The third-order valence-electron chi connectivity index (χ3n) is 3.04. The monoisotopic (exact) mass is 316 g/mol. The van der Waals surface area contributed by atoms with Gasteiger partial charge in [0.25, 0.3) is 0 Å². The minimum absolute atomic E-state index is 0. The van der Waals surface area contributed by atoms with Crippen LogP contribution in [-0.2, 0) is 0 Å². The van der Waals surface area contributed by atoms with Crippen molar-refractivity contribution in [2.24, 2.45) is 0 Å². The fourth-order valence-corrected chi connectivity index (χ4v) is 2.00. The second kappa shape index (κ2) is 7.96. The number of hydrogen-bond donors (Lipinski definition) is 1. The summed E-state index contributed by atoms with van der Waals surface area (Å²) in [5.74, 6) is 1.21. The molecule has 2 aromatic rings. The molecule has 22 heavy (non-hydrogen) atoms. The molecule has 4 nitrogen and oxygen atoms in total. The predicted octanol–water partition coefficient (Wildman–Crippen LogP) is 3.77. The molecule has 0 unspecified atom stereocenters. The summed E-state index contributed by atoms with van der Waals surface area (Å²) in [5.41, 5.74) is 8.58. The van der Waals surface area contributed by atoms with Crippen molar-refractivity contribution in [3.8, 4) is 17.6 Å². The summed E-state index contributed by atoms with van der Waals surface area (Å²) in [6.45, 7) is 0. The minimum Gasteiger partial charge on any atom is -0.493 e. The number of nitrogens with two attached hydrogens (primary N) is 1. The van der Waals surface area contributed by atoms with Crippen LogP contribution in [0.5, 0.6) is 11.5 Å². The number of methoxy groups -OCH3 is 2. The lowest BCUT2D eigenvalue weighted by molar-refractivity contribution is 0.355. The summed E-state index contributed by atoms with van der Waals surface area (Å²) >= 11 is 0. The van der Waals surface area contributed by atoms with Crippen LogP contribution in [0.2, 0.25) is 0 Å². The van der Waals surface area contributed by atoms with Crippen LogP contribution in [0.1, 0.15) is 11.1 Å². The Hall–Kier alpha value is -2.64. The zero-order valence-electron chi connectivity index (χ0n) is 12.4. The molecule has 0 amide bonds. The normalized spacial score (nSPS) is 10.3. The van der Waals surface area contributed by atoms with Gasteiger partial charge >= 0.3 is 0 Å². The molecule has 2 aromatic carbocycles. The average Bonchev–Trinajstić information content (AvgIpc) is 2.52. The highest BCUT2D eigenvalue weighted by Crippen LogP contribution is 2.30. The van der Waals surface area contributed by atoms with Crippen molar-refractivity contribution < 1.29 is 9.47 Å². The smallest absolute Gasteiger partial charge is 0.161 e. The molecule has 5 heteroatoms. The van der Waals surface area contributed by atoms with Crippen molar-refractivity contribution in [1.82, 2.24) is 0 Å². The molecule has 0 spiro atoms. The molecular weight excluding hydrogens is 300 g/mol. The lowest BCUT2D eigenvalue weighted by Crippen LogP contribution is -1.92. The zero-order valence-corrected chi connectivity index (χ0v) is 13.2. The van der Waals surface area contributed by atoms with Crippen molar-refractivity contribution >= 4 is 29.7 Å². The van der Waals surface area contributed by atoms with Crippen LogP contribution in [-0.4, -0.2) is 14.2 Å². The van der Waals surface area contributed by atoms with Gasteiger partial charge in [0.05, 0.1) is 25.9 Å². The van der Waals surface area contributed by atoms with E-state index in [1.165, 1.54) is 0 Å². The van der Waals surface area contributed by atoms with Crippen molar-refractivity contribution in [3.63, 3.8) is 0 Å². The second-order valence-corrected chi connectivity index (χ2v) is 4.41. The van der Waals surface area contributed by atoms with E-state index in [2.05, 4.69) is 6.07 Å². The quantitative estimate of drug-likeness (QED) is 0.529. The number of nitrogen functional groups attached to an aromatic ring is 1. The van der Waals surface area contributed by atoms with E-state index >= 15 is 0 Å². The molecule has 0 bridgehead atoms. The van der Waals surface area contributed by atoms with Crippen LogP contribution in [0, 0.1) is 11.3 Å².